The van der Waals surface area contributed by atoms with Crippen LogP contribution in [0.5, 0.6) is 0 Å². The second kappa shape index (κ2) is 2440. The number of terminal acetylenes is 1. The molecule has 16 heavy (non-hydrogen) atoms. The first-order valence-electron chi connectivity index (χ1n) is 1.56. The second-order valence-corrected chi connectivity index (χ2v) is 0. The summed E-state index contributed by atoms with van der Waals surface area (Å²) in [5.41, 5.74) is 0. The maximum Gasteiger partial charge on any atom is 0 e. The summed E-state index contributed by atoms with van der Waals surface area (Å²) in [5.74, 6) is 0. The van der Waals surface area contributed by atoms with Crippen molar-refractivity contribution in [3.63, 3.8) is 0 Å². The Bertz CT molecular complexity index is 115. The zero-order chi connectivity index (χ0) is 14.0. The van der Waals surface area contributed by atoms with E-state index < -0.39 is 0 Å². The molecule has 0 unspecified atom stereocenters. The van der Waals surface area contributed by atoms with Crippen molar-refractivity contribution < 1.29 is 61.5 Å². The fourth-order valence-electron chi connectivity index (χ4n) is 0. The Kier molecular flexibility index (Phi) is 12400. The minimum atomic E-state index is 0. The van der Waals surface area contributed by atoms with Gasteiger partial charge in [-0.15, -0.1) is 12.8 Å². The molecule has 0 aliphatic carbocycles. The normalized spacial score (nSPS) is 0.875. The zero-order valence-electron chi connectivity index (χ0n) is 7.27. The molecule has 0 aliphatic heterocycles. The van der Waals surface area contributed by atoms with Gasteiger partial charge in [-0.2, -0.15) is 0 Å². The van der Waals surface area contributed by atoms with E-state index in [-0.39, 0.29) is 33.6 Å². The number of hydrogen-bond donors (Lipinski definition) is 0. The Hall–Kier alpha value is -0.987. The third kappa shape index (κ3) is 1930. The van der Waals surface area contributed by atoms with Crippen LogP contribution in [0.2, 0.25) is 0 Å². The summed E-state index contributed by atoms with van der Waals surface area (Å²) in [4.78, 5) is 0. The molecule has 0 amide bonds. The minimum Gasteiger partial charge on any atom is 0 e. The maximum atomic E-state index is 7.50. The van der Waals surface area contributed by atoms with Crippen molar-refractivity contribution in [3.8, 4) is 12.8 Å². The van der Waals surface area contributed by atoms with Crippen LogP contribution < -0.4 is 0 Å². The van der Waals surface area contributed by atoms with E-state index >= 15 is 0 Å². The monoisotopic (exact) mass is 312 g/mol. The molecule has 0 rings (SSSR count). The average molecular weight is 312 g/mol. The van der Waals surface area contributed by atoms with Gasteiger partial charge >= 0.3 is 67.8 Å². The molecule has 0 saturated carbocycles. The van der Waals surface area contributed by atoms with E-state index in [0.29, 0.717) is 0 Å². The molecule has 0 saturated heterocycles. The van der Waals surface area contributed by atoms with Crippen molar-refractivity contribution in [3.05, 3.63) is 39.9 Å². The number of rotatable bonds is 0. The molecule has 0 aromatic rings. The van der Waals surface area contributed by atoms with Crippen LogP contribution in [0, 0.1) is 52.7 Å². The van der Waals surface area contributed by atoms with Gasteiger partial charge in [0, 0.05) is 33.6 Å². The summed E-state index contributed by atoms with van der Waals surface area (Å²) >= 11 is 0. The van der Waals surface area contributed by atoms with Gasteiger partial charge in [0.05, 0.1) is 0 Å². The van der Waals surface area contributed by atoms with Crippen LogP contribution in [0.4, 0.5) is 0 Å². The van der Waals surface area contributed by atoms with Gasteiger partial charge in [-0.1, -0.05) is 0 Å². The summed E-state index contributed by atoms with van der Waals surface area (Å²) in [5, 5.41) is 0. The molecule has 0 N–H and O–H groups in total. The Morgan fingerprint density at radius 3 is 0.375 bits per heavy atom. The molecule has 2 radical (unpaired) electrons. The summed E-state index contributed by atoms with van der Waals surface area (Å²) in [6, 6.07) is 0. The summed E-state index contributed by atoms with van der Waals surface area (Å²) in [7, 11) is 0. The topological polar surface area (TPSA) is 119 Å². The zero-order valence-corrected chi connectivity index (χ0v) is 9.35. The molecule has 0 heterocycles. The second-order valence-electron chi connectivity index (χ2n) is 0. The maximum absolute atomic E-state index is 7.50. The fourth-order valence-corrected chi connectivity index (χ4v) is 0. The smallest absolute Gasteiger partial charge is 0 e. The van der Waals surface area contributed by atoms with Crippen LogP contribution in [-0.4, -0.2) is 0 Å². The standard InChI is InChI=1S/C2H2.6CO.2Co/c7*1-2;;/h1-2H;;;;;;;;. The molecule has 0 aromatic heterocycles. The van der Waals surface area contributed by atoms with Gasteiger partial charge in [0.1, 0.15) is 0 Å². The van der Waals surface area contributed by atoms with E-state index in [0.717, 1.165) is 0 Å². The molecule has 0 aromatic carbocycles. The van der Waals surface area contributed by atoms with Gasteiger partial charge in [0.25, 0.3) is 0 Å². The molecule has 0 fully saturated rings. The Labute approximate surface area is 114 Å². The van der Waals surface area contributed by atoms with Crippen LogP contribution >= 0.6 is 0 Å². The molecule has 0 aliphatic rings. The first-order chi connectivity index (χ1) is 7.00. The summed E-state index contributed by atoms with van der Waals surface area (Å²) in [6.07, 6.45) is 8.00. The molecule has 0 spiro atoms. The van der Waals surface area contributed by atoms with Gasteiger partial charge < -0.3 is 0 Å². The van der Waals surface area contributed by atoms with Crippen LogP contribution in [0.25, 0.3) is 0 Å². The van der Waals surface area contributed by atoms with Gasteiger partial charge in [-0.25, -0.2) is 0 Å². The van der Waals surface area contributed by atoms with Crippen LogP contribution in [-0.2, 0) is 61.5 Å². The van der Waals surface area contributed by atoms with E-state index in [4.69, 9.17) is 27.9 Å². The summed E-state index contributed by atoms with van der Waals surface area (Å²) < 4.78 is 45.0. The third-order valence-electron chi connectivity index (χ3n) is 0. The Morgan fingerprint density at radius 2 is 0.375 bits per heavy atom. The van der Waals surface area contributed by atoms with Crippen molar-refractivity contribution >= 4 is 0 Å². The average Bonchev–Trinajstić information content (AvgIpc) is 2.45. The first kappa shape index (κ1) is 81.5. The van der Waals surface area contributed by atoms with Crippen LogP contribution in [0.1, 0.15) is 0 Å². The van der Waals surface area contributed by atoms with Gasteiger partial charge in [-0.05, 0) is 0 Å². The van der Waals surface area contributed by atoms with Gasteiger partial charge in [-0.3, -0.25) is 0 Å². The molecular formula is C8H2Co2O6. The van der Waals surface area contributed by atoms with E-state index in [2.05, 4.69) is 52.7 Å². The molecule has 88 valence electrons. The van der Waals surface area contributed by atoms with Crippen molar-refractivity contribution in [2.24, 2.45) is 0 Å². The van der Waals surface area contributed by atoms with Crippen molar-refractivity contribution in [1.82, 2.24) is 0 Å². The largest absolute Gasteiger partial charge is 0 e. The van der Waals surface area contributed by atoms with E-state index in [1.165, 1.54) is 0 Å². The van der Waals surface area contributed by atoms with Gasteiger partial charge in [0.15, 0.2) is 0 Å². The van der Waals surface area contributed by atoms with Crippen LogP contribution in [0.3, 0.4) is 0 Å². The SMILES string of the molecule is C#C.[C-]#[O+].[C-]#[O+].[C-]#[O+].[C-]#[O+].[C-]#[O+].[C-]#[O+].[Co].[Co]. The molecular weight excluding hydrogens is 310 g/mol. The van der Waals surface area contributed by atoms with Crippen LogP contribution in [0.15, 0.2) is 0 Å². The van der Waals surface area contributed by atoms with Crippen molar-refractivity contribution in [1.29, 1.82) is 0 Å². The van der Waals surface area contributed by atoms with E-state index in [9.17, 15) is 0 Å². The molecule has 8 heteroatoms. The molecule has 0 atom stereocenters. The van der Waals surface area contributed by atoms with E-state index in [1.54, 1.807) is 0 Å². The third-order valence-corrected chi connectivity index (χ3v) is 0. The Morgan fingerprint density at radius 1 is 0.375 bits per heavy atom. The molecule has 6 nitrogen and oxygen atoms in total. The number of hydrogen-bond acceptors (Lipinski definition) is 0. The predicted molar refractivity (Wildman–Crippen MR) is 33.5 cm³/mol. The fraction of sp³-hybridized carbons (Fsp3) is 0. The Balaban J connectivity index is -0.00000000500. The summed E-state index contributed by atoms with van der Waals surface area (Å²) in [6.45, 7) is 27.0. The van der Waals surface area contributed by atoms with Gasteiger partial charge in [0.2, 0.25) is 0 Å². The first-order valence-corrected chi connectivity index (χ1v) is 1.56. The quantitative estimate of drug-likeness (QED) is 0.340. The van der Waals surface area contributed by atoms with Crippen molar-refractivity contribution in [2.45, 2.75) is 0 Å². The molecule has 0 bridgehead atoms. The predicted octanol–water partition coefficient (Wildman–Crippen LogP) is 0.0193. The minimum absolute atomic E-state index is 0. The van der Waals surface area contributed by atoms with E-state index in [1.807, 2.05) is 0 Å². The van der Waals surface area contributed by atoms with Crippen molar-refractivity contribution in [2.75, 3.05) is 0 Å².